The minimum absolute atomic E-state index is 0.00523. The number of aromatic carboxylic acids is 1. The van der Waals surface area contributed by atoms with E-state index in [9.17, 15) is 4.79 Å². The molecule has 3 N–H and O–H groups in total. The first-order chi connectivity index (χ1) is 5.65. The molecule has 6 heteroatoms. The summed E-state index contributed by atoms with van der Waals surface area (Å²) in [4.78, 5) is 10.5. The number of nitrogens with two attached hydrogens (primary N) is 1. The molecule has 1 aromatic rings. The molecule has 0 fully saturated rings. The predicted octanol–water partition coefficient (Wildman–Crippen LogP) is 0.479. The van der Waals surface area contributed by atoms with Crippen molar-refractivity contribution in [2.75, 3.05) is 12.0 Å². The SMILES string of the molecule is CSc1cc(C(=O)O)c(N)nn1. The van der Waals surface area contributed by atoms with Gasteiger partial charge in [0.25, 0.3) is 0 Å². The van der Waals surface area contributed by atoms with E-state index >= 15 is 0 Å². The number of rotatable bonds is 2. The summed E-state index contributed by atoms with van der Waals surface area (Å²) in [7, 11) is 0. The molecule has 0 radical (unpaired) electrons. The standard InChI is InChI=1S/C6H7N3O2S/c1-12-4-2-3(6(10)11)5(7)9-8-4/h2H,1H3,(H2,7,9)(H,10,11). The highest BCUT2D eigenvalue weighted by Gasteiger charge is 2.10. The normalized spacial score (nSPS) is 9.75. The molecule has 0 aliphatic heterocycles. The fourth-order valence-corrected chi connectivity index (χ4v) is 1.01. The average Bonchev–Trinajstić information content (AvgIpc) is 2.05. The Morgan fingerprint density at radius 1 is 1.67 bits per heavy atom. The van der Waals surface area contributed by atoms with Gasteiger partial charge in [0, 0.05) is 0 Å². The molecular formula is C6H7N3O2S. The molecule has 0 bridgehead atoms. The number of hydrogen-bond acceptors (Lipinski definition) is 5. The van der Waals surface area contributed by atoms with Gasteiger partial charge in [-0.2, -0.15) is 0 Å². The molecule has 0 spiro atoms. The number of carboxylic acids is 1. The minimum atomic E-state index is -1.09. The molecule has 12 heavy (non-hydrogen) atoms. The molecule has 1 rings (SSSR count). The highest BCUT2D eigenvalue weighted by molar-refractivity contribution is 7.98. The Bertz CT molecular complexity index is 316. The van der Waals surface area contributed by atoms with Gasteiger partial charge in [0.1, 0.15) is 10.6 Å². The van der Waals surface area contributed by atoms with Gasteiger partial charge in [-0.3, -0.25) is 0 Å². The summed E-state index contributed by atoms with van der Waals surface area (Å²) in [6, 6.07) is 1.40. The van der Waals surface area contributed by atoms with Crippen LogP contribution in [0.2, 0.25) is 0 Å². The van der Waals surface area contributed by atoms with Crippen molar-refractivity contribution in [1.82, 2.24) is 10.2 Å². The van der Waals surface area contributed by atoms with Crippen molar-refractivity contribution < 1.29 is 9.90 Å². The highest BCUT2D eigenvalue weighted by atomic mass is 32.2. The van der Waals surface area contributed by atoms with Crippen molar-refractivity contribution in [3.8, 4) is 0 Å². The van der Waals surface area contributed by atoms with Crippen molar-refractivity contribution >= 4 is 23.5 Å². The number of thioether (sulfide) groups is 1. The lowest BCUT2D eigenvalue weighted by Crippen LogP contribution is -2.06. The van der Waals surface area contributed by atoms with E-state index in [0.29, 0.717) is 5.03 Å². The third-order valence-electron chi connectivity index (χ3n) is 1.24. The lowest BCUT2D eigenvalue weighted by Gasteiger charge is -1.99. The number of hydrogen-bond donors (Lipinski definition) is 2. The summed E-state index contributed by atoms with van der Waals surface area (Å²) in [6.45, 7) is 0. The zero-order chi connectivity index (χ0) is 9.14. The second-order valence-electron chi connectivity index (χ2n) is 1.99. The van der Waals surface area contributed by atoms with E-state index in [1.165, 1.54) is 17.8 Å². The van der Waals surface area contributed by atoms with Crippen molar-refractivity contribution in [3.63, 3.8) is 0 Å². The first-order valence-electron chi connectivity index (χ1n) is 3.05. The van der Waals surface area contributed by atoms with Gasteiger partial charge in [-0.05, 0) is 12.3 Å². The van der Waals surface area contributed by atoms with Crippen LogP contribution in [0, 0.1) is 0 Å². The zero-order valence-electron chi connectivity index (χ0n) is 6.31. The quantitative estimate of drug-likeness (QED) is 0.651. The summed E-state index contributed by atoms with van der Waals surface area (Å²) in [5.41, 5.74) is 5.28. The minimum Gasteiger partial charge on any atom is -0.478 e. The average molecular weight is 185 g/mol. The third-order valence-corrected chi connectivity index (χ3v) is 1.86. The molecular weight excluding hydrogens is 178 g/mol. The van der Waals surface area contributed by atoms with E-state index in [0.717, 1.165) is 0 Å². The number of nitrogens with zero attached hydrogens (tertiary/aromatic N) is 2. The fraction of sp³-hybridized carbons (Fsp3) is 0.167. The first kappa shape index (κ1) is 8.79. The fourth-order valence-electron chi connectivity index (χ4n) is 0.654. The third kappa shape index (κ3) is 1.65. The van der Waals surface area contributed by atoms with Crippen LogP contribution in [-0.4, -0.2) is 27.5 Å². The second-order valence-corrected chi connectivity index (χ2v) is 2.82. The van der Waals surface area contributed by atoms with Crippen LogP contribution < -0.4 is 5.73 Å². The summed E-state index contributed by atoms with van der Waals surface area (Å²) in [5, 5.41) is 16.3. The molecule has 5 nitrogen and oxygen atoms in total. The van der Waals surface area contributed by atoms with Gasteiger partial charge in [-0.1, -0.05) is 0 Å². The zero-order valence-corrected chi connectivity index (χ0v) is 7.13. The Morgan fingerprint density at radius 3 is 2.83 bits per heavy atom. The lowest BCUT2D eigenvalue weighted by molar-refractivity contribution is 0.0697. The number of carboxylic acid groups (broad SMARTS) is 1. The Balaban J connectivity index is 3.17. The Kier molecular flexibility index (Phi) is 2.49. The summed E-state index contributed by atoms with van der Waals surface area (Å²) in [6.07, 6.45) is 1.78. The largest absolute Gasteiger partial charge is 0.478 e. The highest BCUT2D eigenvalue weighted by Crippen LogP contribution is 2.15. The van der Waals surface area contributed by atoms with Gasteiger partial charge in [0.05, 0.1) is 0 Å². The molecule has 1 heterocycles. The van der Waals surface area contributed by atoms with Crippen molar-refractivity contribution in [3.05, 3.63) is 11.6 Å². The van der Waals surface area contributed by atoms with E-state index in [2.05, 4.69) is 10.2 Å². The molecule has 0 aliphatic rings. The maximum Gasteiger partial charge on any atom is 0.339 e. The van der Waals surface area contributed by atoms with Gasteiger partial charge in [-0.25, -0.2) is 4.79 Å². The van der Waals surface area contributed by atoms with Gasteiger partial charge < -0.3 is 10.8 Å². The van der Waals surface area contributed by atoms with E-state index in [1.807, 2.05) is 0 Å². The molecule has 0 aliphatic carbocycles. The molecule has 0 aromatic carbocycles. The monoisotopic (exact) mass is 185 g/mol. The van der Waals surface area contributed by atoms with Crippen molar-refractivity contribution in [1.29, 1.82) is 0 Å². The van der Waals surface area contributed by atoms with Crippen LogP contribution in [0.1, 0.15) is 10.4 Å². The summed E-state index contributed by atoms with van der Waals surface area (Å²) >= 11 is 1.32. The summed E-state index contributed by atoms with van der Waals surface area (Å²) < 4.78 is 0. The van der Waals surface area contributed by atoms with Gasteiger partial charge >= 0.3 is 5.97 Å². The van der Waals surface area contributed by atoms with E-state index < -0.39 is 5.97 Å². The lowest BCUT2D eigenvalue weighted by atomic mass is 10.3. The van der Waals surface area contributed by atoms with Crippen LogP contribution in [0.4, 0.5) is 5.82 Å². The van der Waals surface area contributed by atoms with Gasteiger partial charge in [0.2, 0.25) is 0 Å². The van der Waals surface area contributed by atoms with Crippen LogP contribution in [0.15, 0.2) is 11.1 Å². The van der Waals surface area contributed by atoms with Gasteiger partial charge in [0.15, 0.2) is 5.82 Å². The van der Waals surface area contributed by atoms with Gasteiger partial charge in [-0.15, -0.1) is 22.0 Å². The van der Waals surface area contributed by atoms with E-state index in [4.69, 9.17) is 10.8 Å². The maximum absolute atomic E-state index is 10.5. The molecule has 0 saturated heterocycles. The molecule has 64 valence electrons. The second kappa shape index (κ2) is 3.40. The van der Waals surface area contributed by atoms with Crippen LogP contribution in [-0.2, 0) is 0 Å². The van der Waals surface area contributed by atoms with E-state index in [1.54, 1.807) is 6.26 Å². The first-order valence-corrected chi connectivity index (χ1v) is 4.28. The van der Waals surface area contributed by atoms with Crippen LogP contribution >= 0.6 is 11.8 Å². The van der Waals surface area contributed by atoms with Crippen LogP contribution in [0.25, 0.3) is 0 Å². The van der Waals surface area contributed by atoms with E-state index in [-0.39, 0.29) is 11.4 Å². The topological polar surface area (TPSA) is 89.1 Å². The maximum atomic E-state index is 10.5. The van der Waals surface area contributed by atoms with Crippen LogP contribution in [0.5, 0.6) is 0 Å². The van der Waals surface area contributed by atoms with Crippen LogP contribution in [0.3, 0.4) is 0 Å². The number of anilines is 1. The molecule has 1 aromatic heterocycles. The number of carbonyl (C=O) groups is 1. The molecule has 0 atom stereocenters. The number of aromatic nitrogens is 2. The molecule has 0 saturated carbocycles. The number of nitrogen functional groups attached to an aromatic ring is 1. The summed E-state index contributed by atoms with van der Waals surface area (Å²) in [5.74, 6) is -1.14. The smallest absolute Gasteiger partial charge is 0.339 e. The molecule has 0 unspecified atom stereocenters. The Labute approximate surface area is 73.0 Å². The Morgan fingerprint density at radius 2 is 2.33 bits per heavy atom. The predicted molar refractivity (Wildman–Crippen MR) is 45.2 cm³/mol. The Hall–Kier alpha value is -1.30. The van der Waals surface area contributed by atoms with Crippen molar-refractivity contribution in [2.45, 2.75) is 5.03 Å². The van der Waals surface area contributed by atoms with Crippen molar-refractivity contribution in [2.24, 2.45) is 0 Å². The molecule has 0 amide bonds.